The number of fused-ring (bicyclic) bond motifs is 1. The van der Waals surface area contributed by atoms with Gasteiger partial charge in [0.2, 0.25) is 11.8 Å². The number of aromatic nitrogens is 2. The van der Waals surface area contributed by atoms with E-state index in [1.165, 1.54) is 0 Å². The van der Waals surface area contributed by atoms with Gasteiger partial charge in [-0.1, -0.05) is 98.1 Å². The fourth-order valence-corrected chi connectivity index (χ4v) is 6.38. The summed E-state index contributed by atoms with van der Waals surface area (Å²) in [5.41, 5.74) is 6.94. The summed E-state index contributed by atoms with van der Waals surface area (Å²) in [6, 6.07) is 26.6. The maximum atomic E-state index is 13.8. The van der Waals surface area contributed by atoms with E-state index < -0.39 is 0 Å². The van der Waals surface area contributed by atoms with Crippen molar-refractivity contribution in [2.24, 2.45) is 0 Å². The molecule has 1 atom stereocenters. The second-order valence-corrected chi connectivity index (χ2v) is 11.4. The molecule has 1 aromatic heterocycles. The van der Waals surface area contributed by atoms with E-state index in [4.69, 9.17) is 5.10 Å². The van der Waals surface area contributed by atoms with E-state index in [0.29, 0.717) is 12.4 Å². The largest absolute Gasteiger partial charge is 0.355 e. The number of para-hydroxylation sites is 1. The Hall–Kier alpha value is -3.84. The quantitative estimate of drug-likeness (QED) is 0.237. The summed E-state index contributed by atoms with van der Waals surface area (Å²) >= 11 is 1.60. The Labute approximate surface area is 240 Å². The van der Waals surface area contributed by atoms with Gasteiger partial charge in [-0.05, 0) is 37.5 Å². The fraction of sp³-hybridized carbons (Fsp3) is 0.303. The number of amides is 2. The first-order valence-electron chi connectivity index (χ1n) is 14.0. The van der Waals surface area contributed by atoms with Gasteiger partial charge in [-0.2, -0.15) is 5.10 Å². The summed E-state index contributed by atoms with van der Waals surface area (Å²) in [7, 11) is 0. The number of nitrogens with one attached hydrogen (secondary N) is 1. The van der Waals surface area contributed by atoms with Crippen LogP contribution in [0.4, 0.5) is 5.82 Å². The number of aryl methyl sites for hydroxylation is 2. The van der Waals surface area contributed by atoms with Gasteiger partial charge in [0, 0.05) is 17.7 Å². The van der Waals surface area contributed by atoms with Crippen LogP contribution in [-0.2, 0) is 9.59 Å². The molecular weight excluding hydrogens is 516 g/mol. The predicted octanol–water partition coefficient (Wildman–Crippen LogP) is 6.63. The number of benzene rings is 3. The second-order valence-electron chi connectivity index (χ2n) is 10.3. The van der Waals surface area contributed by atoms with Crippen LogP contribution in [0.15, 0.2) is 78.9 Å². The predicted molar refractivity (Wildman–Crippen MR) is 164 cm³/mol. The Morgan fingerprint density at radius 3 is 2.52 bits per heavy atom. The van der Waals surface area contributed by atoms with Gasteiger partial charge >= 0.3 is 0 Å². The van der Waals surface area contributed by atoms with Crippen LogP contribution in [0, 0.1) is 13.8 Å². The summed E-state index contributed by atoms with van der Waals surface area (Å²) in [5.74, 6) is 0.671. The zero-order chi connectivity index (χ0) is 28.1. The average molecular weight is 553 g/mol. The molecule has 1 unspecified atom stereocenters. The van der Waals surface area contributed by atoms with Crippen molar-refractivity contribution in [3.8, 4) is 16.9 Å². The highest BCUT2D eigenvalue weighted by Crippen LogP contribution is 2.48. The number of thioether (sulfide) groups is 1. The van der Waals surface area contributed by atoms with E-state index in [1.54, 1.807) is 16.7 Å². The van der Waals surface area contributed by atoms with Gasteiger partial charge in [0.25, 0.3) is 0 Å². The molecule has 0 saturated heterocycles. The molecule has 40 heavy (non-hydrogen) atoms. The number of carbonyl (C=O) groups excluding carboxylic acids is 2. The smallest absolute Gasteiger partial charge is 0.240 e. The lowest BCUT2D eigenvalue weighted by Crippen LogP contribution is -2.42. The summed E-state index contributed by atoms with van der Waals surface area (Å²) in [5, 5.41) is 8.08. The van der Waals surface area contributed by atoms with Crippen LogP contribution in [0.5, 0.6) is 0 Å². The van der Waals surface area contributed by atoms with Crippen LogP contribution in [0.1, 0.15) is 53.7 Å². The van der Waals surface area contributed by atoms with E-state index in [2.05, 4.69) is 55.6 Å². The van der Waals surface area contributed by atoms with Gasteiger partial charge in [0.1, 0.15) is 12.4 Å². The Bertz CT molecular complexity index is 1500. The highest BCUT2D eigenvalue weighted by atomic mass is 32.2. The molecule has 3 aromatic carbocycles. The topological polar surface area (TPSA) is 67.2 Å². The number of rotatable bonds is 9. The van der Waals surface area contributed by atoms with Crippen molar-refractivity contribution in [1.29, 1.82) is 0 Å². The van der Waals surface area contributed by atoms with Crippen molar-refractivity contribution in [3.05, 3.63) is 101 Å². The standard InChI is InChI=1S/C33H36N4O2S/c1-4-5-11-19-34-28(38)21-36-29(39)22-40-32(26-17-12-13-23(2)20-26)30-31(25-15-7-6-8-16-25)35-37(33(30)36)27-18-10-9-14-24(27)3/h6-10,12-18,20,32H,4-5,11,19,21-22H2,1-3H3,(H,34,38). The van der Waals surface area contributed by atoms with Crippen LogP contribution in [0.3, 0.4) is 0 Å². The molecule has 2 amide bonds. The zero-order valence-electron chi connectivity index (χ0n) is 23.4. The van der Waals surface area contributed by atoms with Crippen molar-refractivity contribution < 1.29 is 9.59 Å². The van der Waals surface area contributed by atoms with E-state index in [-0.39, 0.29) is 29.4 Å². The molecule has 4 aromatic rings. The lowest BCUT2D eigenvalue weighted by Gasteiger charge is -2.24. The molecule has 1 aliphatic heterocycles. The Morgan fingerprint density at radius 2 is 1.77 bits per heavy atom. The van der Waals surface area contributed by atoms with E-state index >= 15 is 0 Å². The minimum atomic E-state index is -0.159. The van der Waals surface area contributed by atoms with Crippen LogP contribution < -0.4 is 10.2 Å². The first-order valence-corrected chi connectivity index (χ1v) is 15.0. The zero-order valence-corrected chi connectivity index (χ0v) is 24.2. The van der Waals surface area contributed by atoms with Gasteiger partial charge in [-0.15, -0.1) is 11.8 Å². The van der Waals surface area contributed by atoms with Gasteiger partial charge in [-0.3, -0.25) is 14.5 Å². The van der Waals surface area contributed by atoms with Crippen LogP contribution in [-0.4, -0.2) is 40.4 Å². The van der Waals surface area contributed by atoms with Crippen molar-refractivity contribution in [3.63, 3.8) is 0 Å². The summed E-state index contributed by atoms with van der Waals surface area (Å²) in [4.78, 5) is 28.7. The van der Waals surface area contributed by atoms with Crippen molar-refractivity contribution in [2.45, 2.75) is 45.3 Å². The minimum Gasteiger partial charge on any atom is -0.355 e. The van der Waals surface area contributed by atoms with Crippen molar-refractivity contribution in [1.82, 2.24) is 15.1 Å². The van der Waals surface area contributed by atoms with Crippen LogP contribution in [0.2, 0.25) is 0 Å². The number of unbranched alkanes of at least 4 members (excludes halogenated alkanes) is 2. The number of nitrogens with zero attached hydrogens (tertiary/aromatic N) is 3. The van der Waals surface area contributed by atoms with Crippen molar-refractivity contribution in [2.75, 3.05) is 23.7 Å². The summed E-state index contributed by atoms with van der Waals surface area (Å²) in [6.07, 6.45) is 3.06. The summed E-state index contributed by atoms with van der Waals surface area (Å²) < 4.78 is 1.88. The SMILES string of the molecule is CCCCCNC(=O)CN1C(=O)CSC(c2cccc(C)c2)c2c(-c3ccccc3)nn(-c3ccccc3C)c21. The van der Waals surface area contributed by atoms with Crippen molar-refractivity contribution >= 4 is 29.4 Å². The lowest BCUT2D eigenvalue weighted by molar-refractivity contribution is -0.122. The Kier molecular flexibility index (Phi) is 8.70. The molecule has 7 heteroatoms. The molecular formula is C33H36N4O2S. The van der Waals surface area contributed by atoms with Crippen LogP contribution >= 0.6 is 11.8 Å². The van der Waals surface area contributed by atoms with E-state index in [0.717, 1.165) is 58.5 Å². The number of hydrogen-bond acceptors (Lipinski definition) is 4. The van der Waals surface area contributed by atoms with Gasteiger partial charge < -0.3 is 5.32 Å². The molecule has 206 valence electrons. The molecule has 0 saturated carbocycles. The van der Waals surface area contributed by atoms with Gasteiger partial charge in [0.05, 0.1) is 22.4 Å². The Balaban J connectivity index is 1.72. The molecule has 1 N–H and O–H groups in total. The number of anilines is 1. The molecule has 6 nitrogen and oxygen atoms in total. The molecule has 0 spiro atoms. The maximum absolute atomic E-state index is 13.8. The highest BCUT2D eigenvalue weighted by Gasteiger charge is 2.37. The van der Waals surface area contributed by atoms with E-state index in [9.17, 15) is 9.59 Å². The van der Waals surface area contributed by atoms with Gasteiger partial charge in [0.15, 0.2) is 0 Å². The first-order chi connectivity index (χ1) is 19.5. The normalized spacial score (nSPS) is 15.0. The average Bonchev–Trinajstić information content (AvgIpc) is 3.28. The summed E-state index contributed by atoms with van der Waals surface area (Å²) in [6.45, 7) is 6.82. The molecule has 0 radical (unpaired) electrons. The third kappa shape index (κ3) is 5.85. The monoisotopic (exact) mass is 552 g/mol. The molecule has 0 bridgehead atoms. The second kappa shape index (κ2) is 12.6. The molecule has 0 fully saturated rings. The lowest BCUT2D eigenvalue weighted by atomic mass is 9.98. The molecule has 1 aliphatic rings. The highest BCUT2D eigenvalue weighted by molar-refractivity contribution is 8.00. The minimum absolute atomic E-state index is 0.0507. The maximum Gasteiger partial charge on any atom is 0.240 e. The fourth-order valence-electron chi connectivity index (χ4n) is 5.20. The Morgan fingerprint density at radius 1 is 1.00 bits per heavy atom. The molecule has 5 rings (SSSR count). The third-order valence-corrected chi connectivity index (χ3v) is 8.48. The number of carbonyl (C=O) groups is 2. The van der Waals surface area contributed by atoms with Crippen LogP contribution in [0.25, 0.3) is 16.9 Å². The third-order valence-electron chi connectivity index (χ3n) is 7.23. The molecule has 0 aliphatic carbocycles. The number of hydrogen-bond donors (Lipinski definition) is 1. The van der Waals surface area contributed by atoms with E-state index in [1.807, 2.05) is 54.1 Å². The van der Waals surface area contributed by atoms with Gasteiger partial charge in [-0.25, -0.2) is 4.68 Å². The first kappa shape index (κ1) is 27.7. The molecule has 2 heterocycles.